The normalized spacial score (nSPS) is 24.0. The number of amides is 1. The average molecular weight is 465 g/mol. The quantitative estimate of drug-likeness (QED) is 0.538. The number of nitrogens with two attached hydrogens (primary N) is 1. The molecule has 3 aromatic rings. The van der Waals surface area contributed by atoms with Gasteiger partial charge < -0.3 is 15.8 Å². The number of fused-ring (bicyclic) bond motifs is 8. The van der Waals surface area contributed by atoms with Gasteiger partial charge in [0.1, 0.15) is 28.8 Å². The molecule has 3 N–H and O–H groups in total. The standard InChI is InChI=1S/C26H26F2N4O2/c1-26-10-14(7-16(29)12-26)18-5-6-30-13-22(18)32-25(33)21-4-3-19(27)24(31-21)23-15(11-26)8-17(34-2)9-20(23)28/h3-6,8-9,13-14,16H,7,10-12,29H2,1-2H3,(H,32,33). The van der Waals surface area contributed by atoms with Gasteiger partial charge in [-0.05, 0) is 72.4 Å². The number of nitrogens with zero attached hydrogens (tertiary/aromatic N) is 2. The minimum Gasteiger partial charge on any atom is -0.497 e. The number of hydrogen-bond donors (Lipinski definition) is 2. The molecule has 1 aromatic carbocycles. The predicted molar refractivity (Wildman–Crippen MR) is 125 cm³/mol. The fraction of sp³-hybridized carbons (Fsp3) is 0.346. The van der Waals surface area contributed by atoms with E-state index in [-0.39, 0.29) is 34.3 Å². The second-order valence-corrected chi connectivity index (χ2v) is 9.68. The third-order valence-electron chi connectivity index (χ3n) is 6.94. The van der Waals surface area contributed by atoms with Gasteiger partial charge in [0.05, 0.1) is 19.0 Å². The van der Waals surface area contributed by atoms with Gasteiger partial charge in [-0.15, -0.1) is 0 Å². The Bertz CT molecular complexity index is 1280. The molecule has 0 radical (unpaired) electrons. The summed E-state index contributed by atoms with van der Waals surface area (Å²) in [5.74, 6) is -1.47. The number of benzene rings is 1. The highest BCUT2D eigenvalue weighted by Gasteiger charge is 2.39. The van der Waals surface area contributed by atoms with Crippen LogP contribution in [0, 0.1) is 17.0 Å². The number of nitrogens with one attached hydrogen (secondary N) is 1. The molecule has 8 heteroatoms. The van der Waals surface area contributed by atoms with Crippen LogP contribution in [0.15, 0.2) is 42.7 Å². The van der Waals surface area contributed by atoms with Gasteiger partial charge in [-0.2, -0.15) is 0 Å². The zero-order valence-corrected chi connectivity index (χ0v) is 19.1. The van der Waals surface area contributed by atoms with Crippen LogP contribution in [0.4, 0.5) is 14.5 Å². The number of methoxy groups -OCH3 is 1. The van der Waals surface area contributed by atoms with Crippen LogP contribution in [0.1, 0.15) is 53.7 Å². The summed E-state index contributed by atoms with van der Waals surface area (Å²) in [6.07, 6.45) is 6.00. The summed E-state index contributed by atoms with van der Waals surface area (Å²) in [6.45, 7) is 2.12. The van der Waals surface area contributed by atoms with Crippen LogP contribution >= 0.6 is 0 Å². The van der Waals surface area contributed by atoms with E-state index in [0.29, 0.717) is 23.4 Å². The van der Waals surface area contributed by atoms with Gasteiger partial charge in [0, 0.05) is 23.9 Å². The van der Waals surface area contributed by atoms with Gasteiger partial charge in [-0.3, -0.25) is 9.78 Å². The predicted octanol–water partition coefficient (Wildman–Crippen LogP) is 4.84. The van der Waals surface area contributed by atoms with E-state index < -0.39 is 17.5 Å². The van der Waals surface area contributed by atoms with Gasteiger partial charge in [0.2, 0.25) is 0 Å². The molecular weight excluding hydrogens is 438 g/mol. The minimum atomic E-state index is -0.706. The number of pyridine rings is 2. The fourth-order valence-corrected chi connectivity index (χ4v) is 5.64. The van der Waals surface area contributed by atoms with E-state index >= 15 is 8.78 Å². The Kier molecular flexibility index (Phi) is 5.56. The summed E-state index contributed by atoms with van der Waals surface area (Å²) in [4.78, 5) is 21.5. The second kappa shape index (κ2) is 8.43. The van der Waals surface area contributed by atoms with E-state index in [1.54, 1.807) is 18.5 Å². The Labute approximate surface area is 196 Å². The molecule has 2 aliphatic rings. The lowest BCUT2D eigenvalue weighted by Crippen LogP contribution is -2.39. The lowest BCUT2D eigenvalue weighted by atomic mass is 9.64. The van der Waals surface area contributed by atoms with Crippen molar-refractivity contribution in [1.29, 1.82) is 0 Å². The van der Waals surface area contributed by atoms with Crippen molar-refractivity contribution in [3.8, 4) is 17.0 Å². The molecule has 1 amide bonds. The van der Waals surface area contributed by atoms with Crippen LogP contribution in [0.2, 0.25) is 0 Å². The lowest BCUT2D eigenvalue weighted by molar-refractivity contribution is 0.102. The fourth-order valence-electron chi connectivity index (χ4n) is 5.64. The molecule has 1 aliphatic carbocycles. The summed E-state index contributed by atoms with van der Waals surface area (Å²) < 4.78 is 35.7. The summed E-state index contributed by atoms with van der Waals surface area (Å²) in [6, 6.07) is 7.19. The minimum absolute atomic E-state index is 0.0162. The first-order chi connectivity index (χ1) is 16.3. The van der Waals surface area contributed by atoms with Crippen molar-refractivity contribution in [1.82, 2.24) is 9.97 Å². The SMILES string of the molecule is COc1cc(F)c2c(c1)CC1(C)CC(N)CC(C1)c1ccncc1NC(=O)c1ccc(F)c-2n1. The molecule has 5 rings (SSSR count). The molecule has 1 fully saturated rings. The Hall–Kier alpha value is -3.39. The number of anilines is 1. The molecule has 1 saturated carbocycles. The number of halogens is 2. The highest BCUT2D eigenvalue weighted by molar-refractivity contribution is 6.03. The average Bonchev–Trinajstić information content (AvgIpc) is 2.78. The Morgan fingerprint density at radius 1 is 1.18 bits per heavy atom. The smallest absolute Gasteiger partial charge is 0.274 e. The summed E-state index contributed by atoms with van der Waals surface area (Å²) in [5.41, 5.74) is 8.14. The first-order valence-corrected chi connectivity index (χ1v) is 11.3. The molecule has 0 saturated heterocycles. The molecule has 3 atom stereocenters. The number of rotatable bonds is 1. The van der Waals surface area contributed by atoms with Crippen molar-refractivity contribution in [3.63, 3.8) is 0 Å². The molecule has 176 valence electrons. The van der Waals surface area contributed by atoms with Gasteiger partial charge >= 0.3 is 0 Å². The van der Waals surface area contributed by atoms with Crippen molar-refractivity contribution in [2.75, 3.05) is 12.4 Å². The number of carbonyl (C=O) groups excluding carboxylic acids is 1. The van der Waals surface area contributed by atoms with Crippen molar-refractivity contribution in [2.45, 2.75) is 44.6 Å². The molecule has 2 aromatic heterocycles. The number of hydrogen-bond acceptors (Lipinski definition) is 5. The van der Waals surface area contributed by atoms with Gasteiger partial charge in [0.25, 0.3) is 5.91 Å². The zero-order valence-electron chi connectivity index (χ0n) is 19.1. The number of carbonyl (C=O) groups is 1. The number of ether oxygens (including phenoxy) is 1. The van der Waals surface area contributed by atoms with E-state index in [1.165, 1.54) is 19.2 Å². The first-order valence-electron chi connectivity index (χ1n) is 11.3. The maximum absolute atomic E-state index is 15.4. The molecule has 3 heterocycles. The van der Waals surface area contributed by atoms with E-state index in [0.717, 1.165) is 30.9 Å². The summed E-state index contributed by atoms with van der Waals surface area (Å²) in [5, 5.41) is 2.87. The summed E-state index contributed by atoms with van der Waals surface area (Å²) >= 11 is 0. The lowest BCUT2D eigenvalue weighted by Gasteiger charge is -2.42. The Balaban J connectivity index is 1.76. The molecule has 3 unspecified atom stereocenters. The van der Waals surface area contributed by atoms with E-state index in [2.05, 4.69) is 22.2 Å². The van der Waals surface area contributed by atoms with Crippen molar-refractivity contribution in [3.05, 3.63) is 71.2 Å². The third-order valence-corrected chi connectivity index (χ3v) is 6.94. The van der Waals surface area contributed by atoms with Crippen LogP contribution in [-0.2, 0) is 6.42 Å². The molecular formula is C26H26F2N4O2. The van der Waals surface area contributed by atoms with Crippen molar-refractivity contribution >= 4 is 11.6 Å². The topological polar surface area (TPSA) is 90.1 Å². The highest BCUT2D eigenvalue weighted by Crippen LogP contribution is 2.48. The Morgan fingerprint density at radius 3 is 2.79 bits per heavy atom. The highest BCUT2D eigenvalue weighted by atomic mass is 19.1. The van der Waals surface area contributed by atoms with Gasteiger partial charge in [0.15, 0.2) is 0 Å². The van der Waals surface area contributed by atoms with Crippen LogP contribution in [0.5, 0.6) is 5.75 Å². The van der Waals surface area contributed by atoms with Gasteiger partial charge in [-0.1, -0.05) is 6.92 Å². The number of aromatic nitrogens is 2. The molecule has 34 heavy (non-hydrogen) atoms. The molecule has 1 aliphatic heterocycles. The first kappa shape index (κ1) is 22.4. The van der Waals surface area contributed by atoms with Crippen molar-refractivity contribution in [2.24, 2.45) is 11.1 Å². The summed E-state index contributed by atoms with van der Waals surface area (Å²) in [7, 11) is 1.46. The Morgan fingerprint density at radius 2 is 2.00 bits per heavy atom. The van der Waals surface area contributed by atoms with E-state index in [4.69, 9.17) is 10.5 Å². The van der Waals surface area contributed by atoms with Gasteiger partial charge in [-0.25, -0.2) is 13.8 Å². The molecule has 4 bridgehead atoms. The largest absolute Gasteiger partial charge is 0.497 e. The second-order valence-electron chi connectivity index (χ2n) is 9.68. The van der Waals surface area contributed by atoms with Crippen LogP contribution in [0.3, 0.4) is 0 Å². The molecule has 6 nitrogen and oxygen atoms in total. The monoisotopic (exact) mass is 464 g/mol. The van der Waals surface area contributed by atoms with Crippen LogP contribution in [-0.4, -0.2) is 29.0 Å². The maximum atomic E-state index is 15.4. The van der Waals surface area contributed by atoms with E-state index in [9.17, 15) is 4.79 Å². The van der Waals surface area contributed by atoms with Crippen molar-refractivity contribution < 1.29 is 18.3 Å². The van der Waals surface area contributed by atoms with Crippen LogP contribution in [0.25, 0.3) is 11.3 Å². The zero-order chi connectivity index (χ0) is 24.0. The maximum Gasteiger partial charge on any atom is 0.274 e. The molecule has 0 spiro atoms. The van der Waals surface area contributed by atoms with Crippen LogP contribution < -0.4 is 15.8 Å². The third kappa shape index (κ3) is 4.03. The van der Waals surface area contributed by atoms with E-state index in [1.807, 2.05) is 6.07 Å².